The highest BCUT2D eigenvalue weighted by Crippen LogP contribution is 2.47. The van der Waals surface area contributed by atoms with Gasteiger partial charge in [-0.25, -0.2) is 8.78 Å². The smallest absolute Gasteiger partial charge is 0.270 e. The van der Waals surface area contributed by atoms with E-state index in [2.05, 4.69) is 53.5 Å². The van der Waals surface area contributed by atoms with Crippen LogP contribution in [0.1, 0.15) is 173 Å². The second-order valence-corrected chi connectivity index (χ2v) is 11.6. The van der Waals surface area contributed by atoms with Crippen molar-refractivity contribution in [3.8, 4) is 5.75 Å². The molecule has 0 aromatic heterocycles. The van der Waals surface area contributed by atoms with Crippen molar-refractivity contribution in [3.63, 3.8) is 0 Å². The number of hydrogen-bond acceptors (Lipinski definition) is 4. The highest BCUT2D eigenvalue weighted by Gasteiger charge is 2.34. The van der Waals surface area contributed by atoms with E-state index in [0.29, 0.717) is 12.1 Å². The number of benzene rings is 1. The normalized spacial score (nSPS) is 12.6. The lowest BCUT2D eigenvalue weighted by atomic mass is 10.0. The van der Waals surface area contributed by atoms with Crippen LogP contribution in [0.3, 0.4) is 0 Å². The van der Waals surface area contributed by atoms with Crippen LogP contribution in [0.4, 0.5) is 8.78 Å². The fourth-order valence-electron chi connectivity index (χ4n) is 2.71. The summed E-state index contributed by atoms with van der Waals surface area (Å²) < 4.78 is 25.7. The largest absolute Gasteiger partial charge is 0.508 e. The van der Waals surface area contributed by atoms with Crippen molar-refractivity contribution in [2.24, 2.45) is 10.4 Å². The van der Waals surface area contributed by atoms with Crippen LogP contribution in [0.5, 0.6) is 5.75 Å². The van der Waals surface area contributed by atoms with Crippen molar-refractivity contribution >= 4 is 17.3 Å². The first-order valence-corrected chi connectivity index (χ1v) is 17.2. The second-order valence-electron chi connectivity index (χ2n) is 11.6. The molecule has 1 aromatic rings. The summed E-state index contributed by atoms with van der Waals surface area (Å²) in [5, 5.41) is 9.16. The number of rotatable bonds is 9. The molecule has 0 bridgehead atoms. The number of halogens is 2. The van der Waals surface area contributed by atoms with E-state index in [1.807, 2.05) is 33.8 Å². The third-order valence-electron chi connectivity index (χ3n) is 6.60. The minimum Gasteiger partial charge on any atom is -0.508 e. The average molecular weight is 642 g/mol. The highest BCUT2D eigenvalue weighted by atomic mass is 19.3. The van der Waals surface area contributed by atoms with Gasteiger partial charge in [0.15, 0.2) is 5.78 Å². The molecule has 2 rings (SSSR count). The van der Waals surface area contributed by atoms with Crippen molar-refractivity contribution < 1.29 is 23.5 Å². The number of carbonyl (C=O) groups excluding carboxylic acids is 2. The summed E-state index contributed by atoms with van der Waals surface area (Å²) in [6.07, 6.45) is 14.5. The lowest BCUT2D eigenvalue weighted by Crippen LogP contribution is -2.07. The molecule has 1 aromatic carbocycles. The van der Waals surface area contributed by atoms with Crippen molar-refractivity contribution in [1.82, 2.24) is 0 Å². The fraction of sp³-hybridized carbons (Fsp3) is 0.718. The Bertz CT molecular complexity index is 903. The number of nitrogens with zero attached hydrogens (tertiary/aromatic N) is 1. The number of aryl methyl sites for hydroxylation is 1. The molecule has 1 aliphatic carbocycles. The molecule has 1 fully saturated rings. The number of aromatic hydroxyl groups is 1. The van der Waals surface area contributed by atoms with Gasteiger partial charge in [0.2, 0.25) is 0 Å². The van der Waals surface area contributed by atoms with E-state index in [4.69, 9.17) is 5.11 Å². The molecule has 0 spiro atoms. The third kappa shape index (κ3) is 39.6. The van der Waals surface area contributed by atoms with Crippen LogP contribution in [0.2, 0.25) is 0 Å². The SMILES string of the molecule is CC.CC(C)=O.CC/C(C)=C/C(=NC)C(C)=O.CCC1(C)CC1.CCCC.CCCCC.CCc1cc(O)cc(C(C)(F)F)c1. The first kappa shape index (κ1) is 52.2. The number of aliphatic imine (C=N–C) groups is 1. The number of phenols is 1. The summed E-state index contributed by atoms with van der Waals surface area (Å²) in [6, 6.07) is 4.01. The van der Waals surface area contributed by atoms with Gasteiger partial charge < -0.3 is 9.90 Å². The molecule has 1 saturated carbocycles. The molecular formula is C39H73F2NO3. The molecule has 1 N–H and O–H groups in total. The predicted octanol–water partition coefficient (Wildman–Crippen LogP) is 12.9. The molecule has 0 atom stereocenters. The summed E-state index contributed by atoms with van der Waals surface area (Å²) in [7, 11) is 1.64. The number of unbranched alkanes of at least 4 members (excludes halogenated alkanes) is 3. The van der Waals surface area contributed by atoms with Crippen molar-refractivity contribution in [2.75, 3.05) is 7.05 Å². The van der Waals surface area contributed by atoms with E-state index >= 15 is 0 Å². The van der Waals surface area contributed by atoms with Crippen molar-refractivity contribution in [3.05, 3.63) is 41.0 Å². The van der Waals surface area contributed by atoms with Crippen molar-refractivity contribution in [1.29, 1.82) is 0 Å². The second kappa shape index (κ2) is 33.0. The molecule has 0 unspecified atom stereocenters. The van der Waals surface area contributed by atoms with Gasteiger partial charge in [0.05, 0.1) is 5.71 Å². The van der Waals surface area contributed by atoms with E-state index in [1.165, 1.54) is 89.8 Å². The van der Waals surface area contributed by atoms with Gasteiger partial charge in [-0.05, 0) is 81.7 Å². The van der Waals surface area contributed by atoms with Crippen LogP contribution >= 0.6 is 0 Å². The zero-order chi connectivity index (χ0) is 36.6. The van der Waals surface area contributed by atoms with Gasteiger partial charge in [0.25, 0.3) is 5.92 Å². The van der Waals surface area contributed by atoms with Crippen LogP contribution in [0, 0.1) is 5.41 Å². The molecule has 0 aliphatic heterocycles. The van der Waals surface area contributed by atoms with Crippen LogP contribution < -0.4 is 0 Å². The maximum absolute atomic E-state index is 12.8. The maximum atomic E-state index is 12.8. The van der Waals surface area contributed by atoms with E-state index in [9.17, 15) is 18.4 Å². The lowest BCUT2D eigenvalue weighted by molar-refractivity contribution is -0.115. The molecule has 0 amide bonds. The van der Waals surface area contributed by atoms with Crippen LogP contribution in [-0.4, -0.2) is 29.4 Å². The summed E-state index contributed by atoms with van der Waals surface area (Å²) in [5.41, 5.74) is 3.12. The monoisotopic (exact) mass is 642 g/mol. The molecule has 45 heavy (non-hydrogen) atoms. The number of alkyl halides is 2. The Morgan fingerprint density at radius 2 is 1.33 bits per heavy atom. The predicted molar refractivity (Wildman–Crippen MR) is 196 cm³/mol. The molecule has 4 nitrogen and oxygen atoms in total. The van der Waals surface area contributed by atoms with Gasteiger partial charge in [-0.3, -0.25) is 9.79 Å². The van der Waals surface area contributed by atoms with Gasteiger partial charge in [-0.1, -0.05) is 113 Å². The summed E-state index contributed by atoms with van der Waals surface area (Å²) >= 11 is 0. The molecule has 6 heteroatoms. The first-order valence-electron chi connectivity index (χ1n) is 17.2. The number of Topliss-reactive ketones (excluding diaryl/α,β-unsaturated/α-hetero) is 2. The van der Waals surface area contributed by atoms with Gasteiger partial charge in [0.1, 0.15) is 11.5 Å². The van der Waals surface area contributed by atoms with E-state index in [-0.39, 0.29) is 22.9 Å². The Kier molecular flexibility index (Phi) is 38.3. The topological polar surface area (TPSA) is 66.7 Å². The van der Waals surface area contributed by atoms with Crippen LogP contribution in [0.25, 0.3) is 0 Å². The summed E-state index contributed by atoms with van der Waals surface area (Å²) in [6.45, 7) is 28.7. The number of hydrogen-bond donors (Lipinski definition) is 1. The Balaban J connectivity index is -0.000000150. The molecule has 0 heterocycles. The number of allylic oxidation sites excluding steroid dienone is 2. The minimum absolute atomic E-state index is 0.0281. The minimum atomic E-state index is -2.89. The van der Waals surface area contributed by atoms with E-state index in [0.717, 1.165) is 30.4 Å². The lowest BCUT2D eigenvalue weighted by Gasteiger charge is -2.12. The quantitative estimate of drug-likeness (QED) is 0.273. The van der Waals surface area contributed by atoms with Crippen LogP contribution in [-0.2, 0) is 21.9 Å². The Hall–Kier alpha value is -2.37. The first-order chi connectivity index (χ1) is 20.9. The maximum Gasteiger partial charge on any atom is 0.270 e. The highest BCUT2D eigenvalue weighted by molar-refractivity contribution is 6.43. The van der Waals surface area contributed by atoms with Crippen molar-refractivity contribution in [2.45, 2.75) is 174 Å². The molecule has 1 aliphatic rings. The Labute approximate surface area is 278 Å². The molecule has 0 radical (unpaired) electrons. The number of phenolic OH excluding ortho intramolecular Hbond substituents is 1. The Morgan fingerprint density at radius 3 is 1.53 bits per heavy atom. The van der Waals surface area contributed by atoms with E-state index < -0.39 is 5.92 Å². The summed E-state index contributed by atoms with van der Waals surface area (Å²) in [4.78, 5) is 24.2. The van der Waals surface area contributed by atoms with E-state index in [1.54, 1.807) is 7.05 Å². The zero-order valence-corrected chi connectivity index (χ0v) is 32.3. The fourth-order valence-corrected chi connectivity index (χ4v) is 2.71. The van der Waals surface area contributed by atoms with Gasteiger partial charge >= 0.3 is 0 Å². The van der Waals surface area contributed by atoms with Gasteiger partial charge in [-0.2, -0.15) is 0 Å². The molecular weight excluding hydrogens is 568 g/mol. The zero-order valence-electron chi connectivity index (χ0n) is 32.3. The average Bonchev–Trinajstić information content (AvgIpc) is 3.74. The molecule has 266 valence electrons. The standard InChI is InChI=1S/C10H12F2O.C9H15NO.C6H12.C5H12.C4H10.C3H6O.C2H6/c1-3-7-4-8(10(2,11)12)6-9(13)5-7;1-5-7(2)6-9(10-4)8(3)11;1-3-6(2)4-5-6;1-3-5-4-2;1-3-4-2;1-3(2)4;1-2/h4-6,13H,3H2,1-2H3;6H,5H2,1-4H3;3-5H2,1-2H3;3-5H2,1-2H3;3-4H2,1-2H3;1-2H3;1-2H3/b;7-6+,10-9?;;;;;. The number of carbonyl (C=O) groups is 2. The van der Waals surface area contributed by atoms with Gasteiger partial charge in [-0.15, -0.1) is 0 Å². The number of ketones is 2. The van der Waals surface area contributed by atoms with Crippen LogP contribution in [0.15, 0.2) is 34.8 Å². The molecule has 0 saturated heterocycles. The third-order valence-corrected chi connectivity index (χ3v) is 6.60. The summed E-state index contributed by atoms with van der Waals surface area (Å²) in [5.74, 6) is -2.79. The Morgan fingerprint density at radius 1 is 0.889 bits per heavy atom. The van der Waals surface area contributed by atoms with Gasteiger partial charge in [0, 0.05) is 26.5 Å².